The second-order valence-corrected chi connectivity index (χ2v) is 6.57. The molecular weight excluding hydrogens is 236 g/mol. The van der Waals surface area contributed by atoms with Gasteiger partial charge in [0, 0.05) is 30.6 Å². The van der Waals surface area contributed by atoms with E-state index in [-0.39, 0.29) is 5.60 Å². The average molecular weight is 260 g/mol. The maximum Gasteiger partial charge on any atom is 0.124 e. The van der Waals surface area contributed by atoms with Crippen LogP contribution in [0.4, 0.5) is 0 Å². The minimum atomic E-state index is -0.0868. The number of likely N-dealkylation sites (N-methyl/N-ethyl adjacent to an activating group) is 1. The summed E-state index contributed by atoms with van der Waals surface area (Å²) in [6.07, 6.45) is 2.28. The van der Waals surface area contributed by atoms with Gasteiger partial charge < -0.3 is 15.0 Å². The topological polar surface area (TPSA) is 24.5 Å². The smallest absolute Gasteiger partial charge is 0.124 e. The molecule has 2 aliphatic heterocycles. The van der Waals surface area contributed by atoms with Crippen LogP contribution < -0.4 is 10.1 Å². The van der Waals surface area contributed by atoms with E-state index in [9.17, 15) is 0 Å². The third-order valence-electron chi connectivity index (χ3n) is 4.20. The lowest BCUT2D eigenvalue weighted by Gasteiger charge is -2.39. The normalized spacial score (nSPS) is 29.8. The van der Waals surface area contributed by atoms with Crippen LogP contribution in [0.3, 0.4) is 0 Å². The van der Waals surface area contributed by atoms with Gasteiger partial charge in [-0.1, -0.05) is 18.2 Å². The van der Waals surface area contributed by atoms with Gasteiger partial charge in [-0.2, -0.15) is 0 Å². The molecular formula is C16H24N2O. The fraction of sp³-hybridized carbons (Fsp3) is 0.625. The highest BCUT2D eigenvalue weighted by Crippen LogP contribution is 2.39. The summed E-state index contributed by atoms with van der Waals surface area (Å²) >= 11 is 0. The van der Waals surface area contributed by atoms with Crippen LogP contribution in [-0.2, 0) is 0 Å². The Morgan fingerprint density at radius 3 is 2.84 bits per heavy atom. The summed E-state index contributed by atoms with van der Waals surface area (Å²) in [6.45, 7) is 6.71. The Morgan fingerprint density at radius 1 is 1.32 bits per heavy atom. The molecule has 104 valence electrons. The minimum absolute atomic E-state index is 0.0868. The van der Waals surface area contributed by atoms with Crippen molar-refractivity contribution in [1.29, 1.82) is 0 Å². The molecule has 3 rings (SSSR count). The van der Waals surface area contributed by atoms with E-state index < -0.39 is 0 Å². The Hall–Kier alpha value is -1.06. The number of hydrogen-bond donors (Lipinski definition) is 1. The van der Waals surface area contributed by atoms with Gasteiger partial charge >= 0.3 is 0 Å². The third-order valence-corrected chi connectivity index (χ3v) is 4.20. The van der Waals surface area contributed by atoms with Gasteiger partial charge in [-0.3, -0.25) is 0 Å². The van der Waals surface area contributed by atoms with Gasteiger partial charge in [0.15, 0.2) is 0 Å². The summed E-state index contributed by atoms with van der Waals surface area (Å²) in [7, 11) is 2.20. The van der Waals surface area contributed by atoms with E-state index in [1.807, 2.05) is 0 Å². The van der Waals surface area contributed by atoms with Crippen molar-refractivity contribution in [3.05, 3.63) is 29.8 Å². The maximum atomic E-state index is 6.08. The van der Waals surface area contributed by atoms with Crippen LogP contribution in [0.25, 0.3) is 0 Å². The number of ether oxygens (including phenoxy) is 1. The van der Waals surface area contributed by atoms with E-state index in [2.05, 4.69) is 55.4 Å². The number of nitrogens with one attached hydrogen (secondary N) is 1. The molecule has 2 unspecified atom stereocenters. The van der Waals surface area contributed by atoms with Crippen molar-refractivity contribution in [2.24, 2.45) is 0 Å². The maximum absolute atomic E-state index is 6.08. The van der Waals surface area contributed by atoms with Crippen molar-refractivity contribution < 1.29 is 4.74 Å². The Kier molecular flexibility index (Phi) is 3.27. The molecule has 2 aliphatic rings. The van der Waals surface area contributed by atoms with E-state index >= 15 is 0 Å². The summed E-state index contributed by atoms with van der Waals surface area (Å²) in [5.74, 6) is 1.04. The summed E-state index contributed by atoms with van der Waals surface area (Å²) in [5, 5.41) is 3.84. The number of para-hydroxylation sites is 1. The first-order valence-electron chi connectivity index (χ1n) is 7.26. The molecule has 0 spiro atoms. The number of nitrogens with zero attached hydrogens (tertiary/aromatic N) is 1. The minimum Gasteiger partial charge on any atom is -0.487 e. The first kappa shape index (κ1) is 12.9. The number of hydrogen-bond acceptors (Lipinski definition) is 3. The molecule has 3 heteroatoms. The molecule has 1 aromatic rings. The lowest BCUT2D eigenvalue weighted by atomic mass is 9.89. The van der Waals surface area contributed by atoms with Gasteiger partial charge in [-0.05, 0) is 39.9 Å². The monoisotopic (exact) mass is 260 g/mol. The zero-order valence-electron chi connectivity index (χ0n) is 12.1. The van der Waals surface area contributed by atoms with Crippen molar-refractivity contribution in [3.63, 3.8) is 0 Å². The van der Waals surface area contributed by atoms with Crippen LogP contribution in [0.2, 0.25) is 0 Å². The molecule has 0 aliphatic carbocycles. The van der Waals surface area contributed by atoms with Gasteiger partial charge in [0.25, 0.3) is 0 Å². The highest BCUT2D eigenvalue weighted by atomic mass is 16.5. The number of fused-ring (bicyclic) bond motifs is 1. The predicted octanol–water partition coefficient (Wildman–Crippen LogP) is 2.58. The number of rotatable bonds is 2. The first-order chi connectivity index (χ1) is 9.03. The van der Waals surface area contributed by atoms with Crippen LogP contribution in [-0.4, -0.2) is 36.7 Å². The first-order valence-corrected chi connectivity index (χ1v) is 7.26. The van der Waals surface area contributed by atoms with E-state index in [1.165, 1.54) is 18.5 Å². The molecule has 1 aromatic carbocycles. The number of likely N-dealkylation sites (tertiary alicyclic amines) is 1. The summed E-state index contributed by atoms with van der Waals surface area (Å²) in [4.78, 5) is 2.40. The third kappa shape index (κ3) is 2.77. The zero-order chi connectivity index (χ0) is 13.5. The molecule has 0 radical (unpaired) electrons. The van der Waals surface area contributed by atoms with Crippen molar-refractivity contribution in [2.75, 3.05) is 20.1 Å². The van der Waals surface area contributed by atoms with Crippen LogP contribution in [0.1, 0.15) is 38.3 Å². The molecule has 3 nitrogen and oxygen atoms in total. The Morgan fingerprint density at radius 2 is 2.11 bits per heavy atom. The van der Waals surface area contributed by atoms with Crippen LogP contribution in [0.5, 0.6) is 5.75 Å². The van der Waals surface area contributed by atoms with Crippen molar-refractivity contribution in [2.45, 2.75) is 44.4 Å². The molecule has 1 saturated heterocycles. The van der Waals surface area contributed by atoms with Gasteiger partial charge in [0.1, 0.15) is 11.4 Å². The lowest BCUT2D eigenvalue weighted by Crippen LogP contribution is -2.43. The van der Waals surface area contributed by atoms with E-state index in [4.69, 9.17) is 4.74 Å². The van der Waals surface area contributed by atoms with E-state index in [0.29, 0.717) is 12.1 Å². The van der Waals surface area contributed by atoms with Crippen LogP contribution in [0, 0.1) is 0 Å². The largest absolute Gasteiger partial charge is 0.487 e. The summed E-state index contributed by atoms with van der Waals surface area (Å²) in [5.41, 5.74) is 1.23. The van der Waals surface area contributed by atoms with Gasteiger partial charge in [-0.15, -0.1) is 0 Å². The highest BCUT2D eigenvalue weighted by molar-refractivity contribution is 5.38. The van der Waals surface area contributed by atoms with E-state index in [0.717, 1.165) is 18.7 Å². The van der Waals surface area contributed by atoms with Crippen LogP contribution >= 0.6 is 0 Å². The molecule has 0 saturated carbocycles. The second-order valence-electron chi connectivity index (χ2n) is 6.57. The van der Waals surface area contributed by atoms with Crippen molar-refractivity contribution in [3.8, 4) is 5.75 Å². The van der Waals surface area contributed by atoms with Crippen LogP contribution in [0.15, 0.2) is 24.3 Å². The molecule has 0 amide bonds. The molecule has 2 heterocycles. The lowest BCUT2D eigenvalue weighted by molar-refractivity contribution is 0.0639. The average Bonchev–Trinajstić information content (AvgIpc) is 2.73. The molecule has 0 bridgehead atoms. The summed E-state index contributed by atoms with van der Waals surface area (Å²) in [6, 6.07) is 9.47. The molecule has 1 N–H and O–H groups in total. The zero-order valence-corrected chi connectivity index (χ0v) is 12.1. The summed E-state index contributed by atoms with van der Waals surface area (Å²) < 4.78 is 6.08. The Balaban J connectivity index is 1.80. The molecule has 0 aromatic heterocycles. The quantitative estimate of drug-likeness (QED) is 0.884. The van der Waals surface area contributed by atoms with E-state index in [1.54, 1.807) is 0 Å². The predicted molar refractivity (Wildman–Crippen MR) is 77.5 cm³/mol. The molecule has 1 fully saturated rings. The molecule has 19 heavy (non-hydrogen) atoms. The fourth-order valence-electron chi connectivity index (χ4n) is 3.31. The van der Waals surface area contributed by atoms with Gasteiger partial charge in [0.05, 0.1) is 0 Å². The Labute approximate surface area is 115 Å². The van der Waals surface area contributed by atoms with Gasteiger partial charge in [-0.25, -0.2) is 0 Å². The number of benzene rings is 1. The van der Waals surface area contributed by atoms with Gasteiger partial charge in [0.2, 0.25) is 0 Å². The second kappa shape index (κ2) is 4.80. The molecule has 2 atom stereocenters. The SMILES string of the molecule is CN1CCC(NC2CC(C)(C)Oc3ccccc32)C1. The fourth-order valence-corrected chi connectivity index (χ4v) is 3.31. The highest BCUT2D eigenvalue weighted by Gasteiger charge is 2.35. The van der Waals surface area contributed by atoms with Crippen molar-refractivity contribution >= 4 is 0 Å². The standard InChI is InChI=1S/C16H24N2O/c1-16(2)10-14(17-12-8-9-18(3)11-12)13-6-4-5-7-15(13)19-16/h4-7,12,14,17H,8-11H2,1-3H3. The Bertz CT molecular complexity index is 458. The van der Waals surface area contributed by atoms with Crippen molar-refractivity contribution in [1.82, 2.24) is 10.2 Å².